The summed E-state index contributed by atoms with van der Waals surface area (Å²) < 4.78 is 24.7. The molecule has 1 aliphatic carbocycles. The van der Waals surface area contributed by atoms with E-state index in [4.69, 9.17) is 18.9 Å². The van der Waals surface area contributed by atoms with E-state index in [1.54, 1.807) is 13.8 Å². The zero-order valence-electron chi connectivity index (χ0n) is 29.7. The van der Waals surface area contributed by atoms with E-state index in [9.17, 15) is 29.7 Å². The number of hydrogen-bond donors (Lipinski definition) is 4. The Kier molecular flexibility index (Phi) is 10.3. The number of fused-ring (bicyclic) bond motifs is 3. The highest BCUT2D eigenvalue weighted by molar-refractivity contribution is 6.11. The number of esters is 1. The van der Waals surface area contributed by atoms with Crippen molar-refractivity contribution >= 4 is 29.7 Å². The molecule has 276 valence electrons. The maximum absolute atomic E-state index is 13.6. The van der Waals surface area contributed by atoms with Crippen LogP contribution in [0.1, 0.15) is 80.5 Å². The summed E-state index contributed by atoms with van der Waals surface area (Å²) in [4.78, 5) is 44.7. The second kappa shape index (κ2) is 14.9. The number of carbonyl (C=O) groups excluding carboxylic acids is 3. The number of carbonyl (C=O) groups is 3. The molecular formula is C40H46N2O10. The van der Waals surface area contributed by atoms with Crippen LogP contribution in [0.5, 0.6) is 17.2 Å². The lowest BCUT2D eigenvalue weighted by Gasteiger charge is -2.39. The number of aliphatic hydroxyl groups excluding tert-OH is 2. The molecule has 0 radical (unpaired) electrons. The van der Waals surface area contributed by atoms with Gasteiger partial charge in [-0.25, -0.2) is 4.79 Å². The molecule has 5 aliphatic rings. The lowest BCUT2D eigenvalue weighted by atomic mass is 9.75. The van der Waals surface area contributed by atoms with Gasteiger partial charge in [0.2, 0.25) is 5.76 Å². The van der Waals surface area contributed by atoms with Crippen LogP contribution in [0.3, 0.4) is 0 Å². The van der Waals surface area contributed by atoms with Crippen molar-refractivity contribution in [2.75, 3.05) is 39.5 Å². The molecule has 4 N–H and O–H groups in total. The fraction of sp³-hybridized carbons (Fsp3) is 0.500. The minimum atomic E-state index is -1.24. The number of ketones is 1. The first-order valence-corrected chi connectivity index (χ1v) is 18.3. The molecule has 1 saturated carbocycles. The minimum absolute atomic E-state index is 0.0257. The number of rotatable bonds is 11. The van der Waals surface area contributed by atoms with E-state index in [1.165, 1.54) is 0 Å². The predicted molar refractivity (Wildman–Crippen MR) is 189 cm³/mol. The quantitative estimate of drug-likeness (QED) is 0.153. The topological polar surface area (TPSA) is 173 Å². The van der Waals surface area contributed by atoms with E-state index in [1.807, 2.05) is 24.3 Å². The van der Waals surface area contributed by atoms with Crippen LogP contribution in [0.2, 0.25) is 0 Å². The van der Waals surface area contributed by atoms with E-state index in [0.29, 0.717) is 48.1 Å². The van der Waals surface area contributed by atoms with Gasteiger partial charge in [0, 0.05) is 42.9 Å². The molecule has 3 atom stereocenters. The zero-order chi connectivity index (χ0) is 36.6. The van der Waals surface area contributed by atoms with Crippen LogP contribution in [-0.2, 0) is 32.1 Å². The molecular weight excluding hydrogens is 668 g/mol. The van der Waals surface area contributed by atoms with E-state index in [-0.39, 0.29) is 79.2 Å². The summed E-state index contributed by atoms with van der Waals surface area (Å²) in [5, 5.41) is 37.8. The molecule has 0 amide bonds. The standard InChI is InChI=1S/C40H46N2O10/c1-3-49-39(47)38-28(20-44)33(24-6-8-31(46)26(18-24)22-5-7-30-23(17-22)9-14-42-30)34-36(50-16-4-15-43)27-19-32(40(2,48)25-10-12-41-13-11-25)51-35(27)29(21-45)37(34)52-38/h5,7,9,17,20,25-26,32,41,43,45,48H,3-4,6,8,10-16,18-19,21H2,1-2H3. The van der Waals surface area contributed by atoms with Gasteiger partial charge in [-0.3, -0.25) is 14.6 Å². The molecule has 2 aromatic carbocycles. The number of nitrogens with one attached hydrogen (secondary N) is 1. The van der Waals surface area contributed by atoms with Gasteiger partial charge in [-0.15, -0.1) is 0 Å². The fourth-order valence-corrected chi connectivity index (χ4v) is 8.38. The van der Waals surface area contributed by atoms with Gasteiger partial charge in [-0.05, 0) is 81.5 Å². The number of Topliss-reactive ketones (excluding diaryl/α,β-unsaturated/α-hetero) is 1. The summed E-state index contributed by atoms with van der Waals surface area (Å²) in [7, 11) is 0. The first-order chi connectivity index (χ1) is 25.2. The molecule has 0 aromatic heterocycles. The Hall–Kier alpha value is -4.36. The number of hydrogen-bond acceptors (Lipinski definition) is 12. The number of aldehydes is 1. The highest BCUT2D eigenvalue weighted by Crippen LogP contribution is 2.57. The normalized spacial score (nSPS) is 23.7. The zero-order valence-corrected chi connectivity index (χ0v) is 29.7. The average Bonchev–Trinajstić information content (AvgIpc) is 3.83. The van der Waals surface area contributed by atoms with Gasteiger partial charge >= 0.3 is 5.97 Å². The molecule has 1 saturated heterocycles. The monoisotopic (exact) mass is 714 g/mol. The van der Waals surface area contributed by atoms with E-state index >= 15 is 0 Å². The summed E-state index contributed by atoms with van der Waals surface area (Å²) >= 11 is 0. The summed E-state index contributed by atoms with van der Waals surface area (Å²) in [5.74, 6) is -0.983. The third-order valence-electron chi connectivity index (χ3n) is 11.2. The first-order valence-electron chi connectivity index (χ1n) is 18.3. The molecule has 2 fully saturated rings. The molecule has 4 aliphatic heterocycles. The lowest BCUT2D eigenvalue weighted by molar-refractivity contribution is -0.141. The molecule has 52 heavy (non-hydrogen) atoms. The molecule has 2 aromatic rings. The third-order valence-corrected chi connectivity index (χ3v) is 11.2. The van der Waals surface area contributed by atoms with E-state index in [0.717, 1.165) is 47.6 Å². The largest absolute Gasteiger partial charge is 0.492 e. The number of ether oxygens (including phenoxy) is 4. The van der Waals surface area contributed by atoms with E-state index in [2.05, 4.69) is 10.3 Å². The van der Waals surface area contributed by atoms with Crippen LogP contribution < -0.4 is 30.1 Å². The fourth-order valence-electron chi connectivity index (χ4n) is 8.38. The second-order valence-corrected chi connectivity index (χ2v) is 14.2. The predicted octanol–water partition coefficient (Wildman–Crippen LogP) is 2.11. The van der Waals surface area contributed by atoms with Crippen molar-refractivity contribution in [2.24, 2.45) is 10.9 Å². The Morgan fingerprint density at radius 1 is 1.15 bits per heavy atom. The Morgan fingerprint density at radius 2 is 1.96 bits per heavy atom. The molecule has 3 unspecified atom stereocenters. The highest BCUT2D eigenvalue weighted by atomic mass is 16.6. The van der Waals surface area contributed by atoms with Gasteiger partial charge in [0.05, 0.1) is 48.4 Å². The van der Waals surface area contributed by atoms with Crippen LogP contribution in [-0.4, -0.2) is 84.5 Å². The molecule has 12 nitrogen and oxygen atoms in total. The first kappa shape index (κ1) is 36.0. The van der Waals surface area contributed by atoms with Crippen molar-refractivity contribution in [3.05, 3.63) is 67.9 Å². The lowest BCUT2D eigenvalue weighted by Crippen LogP contribution is -2.51. The Morgan fingerprint density at radius 3 is 2.69 bits per heavy atom. The van der Waals surface area contributed by atoms with Gasteiger partial charge in [-0.2, -0.15) is 0 Å². The van der Waals surface area contributed by atoms with Crippen molar-refractivity contribution in [1.82, 2.24) is 5.32 Å². The number of aliphatic hydroxyl groups is 3. The Balaban J connectivity index is 1.43. The van der Waals surface area contributed by atoms with Crippen LogP contribution in [0.15, 0.2) is 40.1 Å². The van der Waals surface area contributed by atoms with Crippen LogP contribution >= 0.6 is 0 Å². The van der Waals surface area contributed by atoms with Gasteiger partial charge < -0.3 is 39.6 Å². The average molecular weight is 715 g/mol. The summed E-state index contributed by atoms with van der Waals surface area (Å²) in [5.41, 5.74) is 1.91. The number of allylic oxidation sites excluding steroid dienone is 3. The van der Waals surface area contributed by atoms with Crippen LogP contribution in [0.4, 0.5) is 0 Å². The van der Waals surface area contributed by atoms with Gasteiger partial charge in [0.25, 0.3) is 0 Å². The van der Waals surface area contributed by atoms with Gasteiger partial charge in [-0.1, -0.05) is 17.7 Å². The van der Waals surface area contributed by atoms with Crippen molar-refractivity contribution < 1.29 is 48.7 Å². The molecule has 7 rings (SSSR count). The minimum Gasteiger partial charge on any atom is -0.492 e. The number of piperidine rings is 1. The summed E-state index contributed by atoms with van der Waals surface area (Å²) in [6.45, 7) is 5.02. The Bertz CT molecular complexity index is 1970. The second-order valence-electron chi connectivity index (χ2n) is 14.2. The van der Waals surface area contributed by atoms with Crippen molar-refractivity contribution in [2.45, 2.75) is 83.0 Å². The highest BCUT2D eigenvalue weighted by Gasteiger charge is 2.48. The third kappa shape index (κ3) is 6.35. The van der Waals surface area contributed by atoms with Crippen molar-refractivity contribution in [1.29, 1.82) is 0 Å². The van der Waals surface area contributed by atoms with Gasteiger partial charge in [0.15, 0.2) is 6.29 Å². The smallest absolute Gasteiger partial charge is 0.375 e. The molecule has 12 heteroatoms. The van der Waals surface area contributed by atoms with Gasteiger partial charge in [0.1, 0.15) is 34.7 Å². The van der Waals surface area contributed by atoms with Crippen molar-refractivity contribution in [3.8, 4) is 17.2 Å². The maximum atomic E-state index is 13.6. The van der Waals surface area contributed by atoms with Crippen LogP contribution in [0.25, 0.3) is 11.6 Å². The molecule has 0 spiro atoms. The van der Waals surface area contributed by atoms with E-state index < -0.39 is 30.2 Å². The Labute approximate surface area is 301 Å². The van der Waals surface area contributed by atoms with Crippen molar-refractivity contribution in [3.63, 3.8) is 0 Å². The summed E-state index contributed by atoms with van der Waals surface area (Å²) in [6.07, 6.45) is 4.74. The molecule has 0 bridgehead atoms. The van der Waals surface area contributed by atoms with Crippen LogP contribution in [0, 0.1) is 5.92 Å². The number of benzene rings is 2. The number of nitrogens with zero attached hydrogens (tertiary/aromatic N) is 1. The summed E-state index contributed by atoms with van der Waals surface area (Å²) in [6, 6.07) is 5.83. The molecule has 4 heterocycles. The maximum Gasteiger partial charge on any atom is 0.375 e. The SMILES string of the molecule is CCOC(=O)C1=C(C=O)C(=C2CCC(=O)C(c3ccc4c(c3)=CCN=4)C2)c2c(OCCCO)c3c(c(CO)c2O1)OC(C(C)(O)C1CCNCC1)C3.